The van der Waals surface area contributed by atoms with E-state index in [1.807, 2.05) is 35.1 Å². The van der Waals surface area contributed by atoms with Crippen molar-refractivity contribution in [3.8, 4) is 11.3 Å². The molecule has 34 heavy (non-hydrogen) atoms. The third kappa shape index (κ3) is 3.94. The summed E-state index contributed by atoms with van der Waals surface area (Å²) in [5.74, 6) is 0.655. The number of hydrogen-bond donors (Lipinski definition) is 1. The van der Waals surface area contributed by atoms with Crippen LogP contribution in [0.25, 0.3) is 16.9 Å². The van der Waals surface area contributed by atoms with E-state index in [9.17, 15) is 0 Å². The molecule has 6 rings (SSSR count). The molecule has 0 aliphatic carbocycles. The van der Waals surface area contributed by atoms with Gasteiger partial charge in [0.2, 0.25) is 0 Å². The van der Waals surface area contributed by atoms with E-state index in [2.05, 4.69) is 50.6 Å². The Morgan fingerprint density at radius 1 is 1.03 bits per heavy atom. The van der Waals surface area contributed by atoms with Crippen LogP contribution in [0, 0.1) is 0 Å². The van der Waals surface area contributed by atoms with Gasteiger partial charge in [-0.25, -0.2) is 9.50 Å². The zero-order valence-corrected chi connectivity index (χ0v) is 19.1. The summed E-state index contributed by atoms with van der Waals surface area (Å²) in [6.07, 6.45) is 8.42. The van der Waals surface area contributed by atoms with Crippen LogP contribution in [0.5, 0.6) is 0 Å². The lowest BCUT2D eigenvalue weighted by atomic mass is 10.1. The maximum Gasteiger partial charge on any atom is 0.177 e. The van der Waals surface area contributed by atoms with Gasteiger partial charge in [-0.3, -0.25) is 10.4 Å². The molecule has 172 valence electrons. The van der Waals surface area contributed by atoms with Crippen molar-refractivity contribution < 1.29 is 4.74 Å². The number of morpholine rings is 1. The third-order valence-corrected chi connectivity index (χ3v) is 6.36. The Hall–Kier alpha value is -3.98. The predicted molar refractivity (Wildman–Crippen MR) is 134 cm³/mol. The van der Waals surface area contributed by atoms with Gasteiger partial charge in [-0.1, -0.05) is 12.1 Å². The van der Waals surface area contributed by atoms with Crippen LogP contribution < -0.4 is 15.2 Å². The molecule has 2 aliphatic heterocycles. The van der Waals surface area contributed by atoms with Crippen LogP contribution in [0.4, 0.5) is 17.2 Å². The largest absolute Gasteiger partial charge is 0.378 e. The highest BCUT2D eigenvalue weighted by Crippen LogP contribution is 2.29. The summed E-state index contributed by atoms with van der Waals surface area (Å²) in [7, 11) is 2.13. The van der Waals surface area contributed by atoms with Gasteiger partial charge >= 0.3 is 0 Å². The summed E-state index contributed by atoms with van der Waals surface area (Å²) in [6, 6.07) is 12.4. The number of likely N-dealkylation sites (N-methyl/N-ethyl adjacent to an activating group) is 1. The number of nitrogens with one attached hydrogen (secondary N) is 1. The van der Waals surface area contributed by atoms with E-state index in [4.69, 9.17) is 14.8 Å². The van der Waals surface area contributed by atoms with Crippen LogP contribution >= 0.6 is 0 Å². The molecule has 4 aromatic rings. The molecular weight excluding hydrogens is 428 g/mol. The van der Waals surface area contributed by atoms with Crippen molar-refractivity contribution in [1.29, 1.82) is 0 Å². The molecule has 0 spiro atoms. The van der Waals surface area contributed by atoms with Crippen molar-refractivity contribution in [3.63, 3.8) is 0 Å². The smallest absolute Gasteiger partial charge is 0.177 e. The van der Waals surface area contributed by atoms with Gasteiger partial charge in [0, 0.05) is 56.4 Å². The summed E-state index contributed by atoms with van der Waals surface area (Å²) in [5.41, 5.74) is 10.5. The molecule has 9 nitrogen and oxygen atoms in total. The van der Waals surface area contributed by atoms with Gasteiger partial charge in [-0.2, -0.15) is 5.10 Å². The first-order valence-corrected chi connectivity index (χ1v) is 11.5. The molecule has 0 amide bonds. The maximum atomic E-state index is 5.56. The molecule has 0 saturated carbocycles. The number of hydrazone groups is 1. The van der Waals surface area contributed by atoms with Gasteiger partial charge in [0.25, 0.3) is 0 Å². The first kappa shape index (κ1) is 20.6. The molecule has 0 bridgehead atoms. The molecule has 1 fully saturated rings. The fourth-order valence-corrected chi connectivity index (χ4v) is 4.52. The Morgan fingerprint density at radius 3 is 2.74 bits per heavy atom. The summed E-state index contributed by atoms with van der Waals surface area (Å²) < 4.78 is 7.38. The van der Waals surface area contributed by atoms with Gasteiger partial charge in [-0.15, -0.1) is 5.10 Å². The highest BCUT2D eigenvalue weighted by molar-refractivity contribution is 5.83. The number of ether oxygens (including phenoxy) is 1. The van der Waals surface area contributed by atoms with E-state index in [0.717, 1.165) is 54.2 Å². The predicted octanol–water partition coefficient (Wildman–Crippen LogP) is 3.07. The Balaban J connectivity index is 1.32. The maximum absolute atomic E-state index is 5.56. The third-order valence-electron chi connectivity index (χ3n) is 6.36. The van der Waals surface area contributed by atoms with E-state index < -0.39 is 0 Å². The minimum atomic E-state index is 0.655. The average molecular weight is 455 g/mol. The number of anilines is 3. The first-order chi connectivity index (χ1) is 16.7. The second kappa shape index (κ2) is 8.75. The lowest BCUT2D eigenvalue weighted by Crippen LogP contribution is -2.36. The zero-order chi connectivity index (χ0) is 22.9. The normalized spacial score (nSPS) is 15.9. The monoisotopic (exact) mass is 454 g/mol. The molecule has 2 aliphatic rings. The lowest BCUT2D eigenvalue weighted by Gasteiger charge is -2.29. The molecule has 0 atom stereocenters. The van der Waals surface area contributed by atoms with Gasteiger partial charge in [0.15, 0.2) is 11.5 Å². The molecule has 0 radical (unpaired) electrons. The number of nitrogens with zero attached hydrogens (tertiary/aromatic N) is 7. The summed E-state index contributed by atoms with van der Waals surface area (Å²) in [4.78, 5) is 13.6. The highest BCUT2D eigenvalue weighted by atomic mass is 16.5. The zero-order valence-electron chi connectivity index (χ0n) is 19.1. The van der Waals surface area contributed by atoms with E-state index in [1.165, 1.54) is 11.3 Å². The molecule has 0 unspecified atom stereocenters. The first-order valence-electron chi connectivity index (χ1n) is 11.5. The van der Waals surface area contributed by atoms with Gasteiger partial charge < -0.3 is 14.5 Å². The second-order valence-corrected chi connectivity index (χ2v) is 8.57. The number of fused-ring (bicyclic) bond motifs is 2. The van der Waals surface area contributed by atoms with E-state index in [1.54, 1.807) is 12.4 Å². The molecule has 9 heteroatoms. The Labute approximate surface area is 197 Å². The molecule has 1 aromatic carbocycles. The molecule has 1 N–H and O–H groups in total. The molecule has 5 heterocycles. The topological polar surface area (TPSA) is 83.2 Å². The summed E-state index contributed by atoms with van der Waals surface area (Å²) in [6.45, 7) is 4.07. The number of aromatic nitrogens is 4. The van der Waals surface area contributed by atoms with Crippen LogP contribution in [0.1, 0.15) is 11.1 Å². The van der Waals surface area contributed by atoms with Crippen LogP contribution in [-0.2, 0) is 11.2 Å². The van der Waals surface area contributed by atoms with Crippen LogP contribution in [0.3, 0.4) is 0 Å². The van der Waals surface area contributed by atoms with Crippen molar-refractivity contribution in [2.45, 2.75) is 6.42 Å². The fourth-order valence-electron chi connectivity index (χ4n) is 4.52. The lowest BCUT2D eigenvalue weighted by molar-refractivity contribution is 0.123. The minimum Gasteiger partial charge on any atom is -0.378 e. The van der Waals surface area contributed by atoms with E-state index >= 15 is 0 Å². The van der Waals surface area contributed by atoms with Crippen molar-refractivity contribution in [3.05, 3.63) is 66.1 Å². The summed E-state index contributed by atoms with van der Waals surface area (Å²) >= 11 is 0. The van der Waals surface area contributed by atoms with Crippen LogP contribution in [0.2, 0.25) is 0 Å². The van der Waals surface area contributed by atoms with E-state index in [0.29, 0.717) is 19.0 Å². The number of pyridine rings is 1. The number of hydrogen-bond acceptors (Lipinski definition) is 8. The van der Waals surface area contributed by atoms with Crippen molar-refractivity contribution in [1.82, 2.24) is 19.6 Å². The fraction of sp³-hybridized carbons (Fsp3) is 0.280. The average Bonchev–Trinajstić information content (AvgIpc) is 3.48. The number of rotatable bonds is 5. The molecular formula is C25H26N8O. The number of imidazole rings is 1. The van der Waals surface area contributed by atoms with Crippen molar-refractivity contribution >= 4 is 29.1 Å². The molecule has 3 aromatic heterocycles. The standard InChI is InChI=1S/C25H26N8O/c1-31-9-6-20-3-2-18(14-22(20)31)16-27-29-24-15-23(32-10-12-34-13-11-32)25-28-21(17-33(25)30-24)19-4-7-26-8-5-19/h2-5,7-8,14-17H,6,9-13H2,1H3,(H,29,30)/b27-16+. The van der Waals surface area contributed by atoms with Gasteiger partial charge in [0.05, 0.1) is 37.0 Å². The second-order valence-electron chi connectivity index (χ2n) is 8.57. The van der Waals surface area contributed by atoms with Crippen LogP contribution in [-0.4, -0.2) is 65.7 Å². The number of benzene rings is 1. The van der Waals surface area contributed by atoms with Gasteiger partial charge in [0.1, 0.15) is 0 Å². The van der Waals surface area contributed by atoms with E-state index in [-0.39, 0.29) is 0 Å². The summed E-state index contributed by atoms with van der Waals surface area (Å²) in [5, 5.41) is 9.20. The minimum absolute atomic E-state index is 0.655. The molecule has 1 saturated heterocycles. The Bertz CT molecular complexity index is 1340. The van der Waals surface area contributed by atoms with Crippen LogP contribution in [0.15, 0.2) is 60.1 Å². The van der Waals surface area contributed by atoms with Gasteiger partial charge in [-0.05, 0) is 35.7 Å². The quantitative estimate of drug-likeness (QED) is 0.367. The van der Waals surface area contributed by atoms with Crippen molar-refractivity contribution in [2.24, 2.45) is 5.10 Å². The highest BCUT2D eigenvalue weighted by Gasteiger charge is 2.19. The Morgan fingerprint density at radius 2 is 1.88 bits per heavy atom. The Kier molecular flexibility index (Phi) is 5.31. The van der Waals surface area contributed by atoms with Crippen molar-refractivity contribution in [2.75, 3.05) is 55.1 Å². The SMILES string of the molecule is CN1CCc2ccc(/C=N/Nc3cc(N4CCOCC4)c4nc(-c5ccncc5)cn4n3)cc21.